The number of ether oxygens (including phenoxy) is 3. The Labute approximate surface area is 397 Å². The standard InChI is InChI=1S/C58H104O6/c1-4-7-10-13-16-19-22-25-27-29-30-32-33-36-39-42-45-48-51-57(60)63-54-55(53-62-56(59)50-47-44-41-38-35-24-21-18-15-12-9-6-3)64-58(61)52-49-46-43-40-37-34-31-28-26-23-20-17-14-11-8-5-2/h8,11,17,20,26,28,30,32,55H,4-7,9-10,12-16,18-19,21-25,27,29,31,33-54H2,1-3H3/b11-8-,20-17-,28-26-,32-30-. The van der Waals surface area contributed by atoms with Gasteiger partial charge in [-0.1, -0.05) is 236 Å². The second kappa shape index (κ2) is 53.0. The van der Waals surface area contributed by atoms with Crippen LogP contribution in [0, 0.1) is 0 Å². The highest BCUT2D eigenvalue weighted by atomic mass is 16.6. The van der Waals surface area contributed by atoms with Crippen molar-refractivity contribution in [2.75, 3.05) is 13.2 Å². The molecule has 0 bridgehead atoms. The van der Waals surface area contributed by atoms with Crippen LogP contribution in [0.2, 0.25) is 0 Å². The van der Waals surface area contributed by atoms with Crippen molar-refractivity contribution < 1.29 is 28.6 Å². The van der Waals surface area contributed by atoms with Crippen molar-refractivity contribution in [2.45, 2.75) is 290 Å². The van der Waals surface area contributed by atoms with Gasteiger partial charge in [-0.25, -0.2) is 0 Å². The Bertz CT molecular complexity index is 1120. The molecule has 0 amide bonds. The highest BCUT2D eigenvalue weighted by molar-refractivity contribution is 5.71. The number of hydrogen-bond acceptors (Lipinski definition) is 6. The molecule has 0 saturated carbocycles. The molecule has 0 aliphatic heterocycles. The summed E-state index contributed by atoms with van der Waals surface area (Å²) in [7, 11) is 0. The summed E-state index contributed by atoms with van der Waals surface area (Å²) in [6.07, 6.45) is 63.8. The van der Waals surface area contributed by atoms with Crippen LogP contribution in [0.5, 0.6) is 0 Å². The predicted molar refractivity (Wildman–Crippen MR) is 275 cm³/mol. The topological polar surface area (TPSA) is 78.9 Å². The fraction of sp³-hybridized carbons (Fsp3) is 0.810. The van der Waals surface area contributed by atoms with Crippen LogP contribution in [-0.4, -0.2) is 37.2 Å². The molecule has 0 saturated heterocycles. The van der Waals surface area contributed by atoms with Crippen molar-refractivity contribution in [3.8, 4) is 0 Å². The summed E-state index contributed by atoms with van der Waals surface area (Å²) in [5.74, 6) is -0.889. The van der Waals surface area contributed by atoms with E-state index in [1.165, 1.54) is 148 Å². The first-order chi connectivity index (χ1) is 31.5. The molecule has 64 heavy (non-hydrogen) atoms. The van der Waals surface area contributed by atoms with E-state index < -0.39 is 6.10 Å². The second-order valence-corrected chi connectivity index (χ2v) is 18.5. The van der Waals surface area contributed by atoms with E-state index in [9.17, 15) is 14.4 Å². The first-order valence-corrected chi connectivity index (χ1v) is 27.6. The Morgan fingerprint density at radius 2 is 0.609 bits per heavy atom. The third-order valence-electron chi connectivity index (χ3n) is 12.1. The smallest absolute Gasteiger partial charge is 0.306 e. The molecule has 0 aromatic rings. The van der Waals surface area contributed by atoms with Crippen LogP contribution in [0.4, 0.5) is 0 Å². The number of carbonyl (C=O) groups excluding carboxylic acids is 3. The van der Waals surface area contributed by atoms with Crippen molar-refractivity contribution in [1.29, 1.82) is 0 Å². The number of unbranched alkanes of at least 4 members (excludes halogenated alkanes) is 31. The lowest BCUT2D eigenvalue weighted by Gasteiger charge is -2.18. The summed E-state index contributed by atoms with van der Waals surface area (Å²) < 4.78 is 16.8. The van der Waals surface area contributed by atoms with Gasteiger partial charge in [-0.15, -0.1) is 0 Å². The van der Waals surface area contributed by atoms with Crippen LogP contribution in [0.15, 0.2) is 48.6 Å². The van der Waals surface area contributed by atoms with E-state index in [0.29, 0.717) is 19.3 Å². The van der Waals surface area contributed by atoms with Gasteiger partial charge in [-0.05, 0) is 77.0 Å². The quantitative estimate of drug-likeness (QED) is 0.0262. The summed E-state index contributed by atoms with van der Waals surface area (Å²) in [6.45, 7) is 6.53. The highest BCUT2D eigenvalue weighted by Crippen LogP contribution is 2.15. The lowest BCUT2D eigenvalue weighted by Crippen LogP contribution is -2.30. The van der Waals surface area contributed by atoms with Gasteiger partial charge in [0.2, 0.25) is 0 Å². The zero-order chi connectivity index (χ0) is 46.5. The second-order valence-electron chi connectivity index (χ2n) is 18.5. The molecule has 6 nitrogen and oxygen atoms in total. The van der Waals surface area contributed by atoms with Crippen LogP contribution >= 0.6 is 0 Å². The van der Waals surface area contributed by atoms with Gasteiger partial charge >= 0.3 is 17.9 Å². The zero-order valence-electron chi connectivity index (χ0n) is 42.6. The minimum atomic E-state index is -0.780. The Kier molecular flexibility index (Phi) is 50.8. The van der Waals surface area contributed by atoms with Gasteiger partial charge in [-0.3, -0.25) is 14.4 Å². The van der Waals surface area contributed by atoms with Crippen LogP contribution < -0.4 is 0 Å². The van der Waals surface area contributed by atoms with E-state index in [1.54, 1.807) is 0 Å². The Morgan fingerprint density at radius 1 is 0.328 bits per heavy atom. The lowest BCUT2D eigenvalue weighted by molar-refractivity contribution is -0.167. The van der Waals surface area contributed by atoms with Crippen LogP contribution in [0.25, 0.3) is 0 Å². The largest absolute Gasteiger partial charge is 0.462 e. The molecule has 0 aromatic heterocycles. The molecule has 0 rings (SSSR count). The summed E-state index contributed by atoms with van der Waals surface area (Å²) in [6, 6.07) is 0. The van der Waals surface area contributed by atoms with E-state index in [1.807, 2.05) is 0 Å². The predicted octanol–water partition coefficient (Wildman–Crippen LogP) is 18.3. The SMILES string of the molecule is CC/C=C\C/C=C\C/C=C\CCCCCCCCC(=O)OC(COC(=O)CCCCCCC/C=C\CCCCCCCCCCC)COC(=O)CCCCCCCCCCCCCC. The van der Waals surface area contributed by atoms with Crippen LogP contribution in [0.1, 0.15) is 284 Å². The highest BCUT2D eigenvalue weighted by Gasteiger charge is 2.19. The first kappa shape index (κ1) is 61.4. The molecule has 0 spiro atoms. The van der Waals surface area contributed by atoms with Gasteiger partial charge in [0.15, 0.2) is 6.10 Å². The molecule has 0 aliphatic rings. The number of carbonyl (C=O) groups is 3. The minimum Gasteiger partial charge on any atom is -0.462 e. The van der Waals surface area contributed by atoms with Crippen molar-refractivity contribution in [3.05, 3.63) is 48.6 Å². The number of allylic oxidation sites excluding steroid dienone is 8. The van der Waals surface area contributed by atoms with Gasteiger partial charge < -0.3 is 14.2 Å². The van der Waals surface area contributed by atoms with E-state index >= 15 is 0 Å². The van der Waals surface area contributed by atoms with Gasteiger partial charge in [0.05, 0.1) is 0 Å². The molecular weight excluding hydrogens is 793 g/mol. The lowest BCUT2D eigenvalue weighted by atomic mass is 10.0. The minimum absolute atomic E-state index is 0.0786. The Hall–Kier alpha value is -2.63. The summed E-state index contributed by atoms with van der Waals surface area (Å²) in [4.78, 5) is 38.1. The molecule has 1 atom stereocenters. The Morgan fingerprint density at radius 3 is 0.969 bits per heavy atom. The van der Waals surface area contributed by atoms with E-state index in [0.717, 1.165) is 96.3 Å². The third-order valence-corrected chi connectivity index (χ3v) is 12.1. The molecule has 1 unspecified atom stereocenters. The molecule has 0 fully saturated rings. The van der Waals surface area contributed by atoms with Gasteiger partial charge in [0.25, 0.3) is 0 Å². The fourth-order valence-corrected chi connectivity index (χ4v) is 7.92. The summed E-state index contributed by atoms with van der Waals surface area (Å²) in [5, 5.41) is 0. The molecule has 6 heteroatoms. The number of rotatable bonds is 50. The van der Waals surface area contributed by atoms with Crippen molar-refractivity contribution in [1.82, 2.24) is 0 Å². The van der Waals surface area contributed by atoms with Gasteiger partial charge in [0, 0.05) is 19.3 Å². The van der Waals surface area contributed by atoms with Crippen molar-refractivity contribution in [2.24, 2.45) is 0 Å². The first-order valence-electron chi connectivity index (χ1n) is 27.6. The van der Waals surface area contributed by atoms with Crippen LogP contribution in [-0.2, 0) is 28.6 Å². The van der Waals surface area contributed by atoms with E-state index in [-0.39, 0.29) is 31.1 Å². The maximum atomic E-state index is 12.8. The maximum Gasteiger partial charge on any atom is 0.306 e. The van der Waals surface area contributed by atoms with E-state index in [4.69, 9.17) is 14.2 Å². The van der Waals surface area contributed by atoms with E-state index in [2.05, 4.69) is 69.4 Å². The number of esters is 3. The normalized spacial score (nSPS) is 12.4. The van der Waals surface area contributed by atoms with Crippen molar-refractivity contribution in [3.63, 3.8) is 0 Å². The molecule has 0 heterocycles. The van der Waals surface area contributed by atoms with Crippen LogP contribution in [0.3, 0.4) is 0 Å². The molecular formula is C58H104O6. The maximum absolute atomic E-state index is 12.8. The van der Waals surface area contributed by atoms with Gasteiger partial charge in [-0.2, -0.15) is 0 Å². The number of hydrogen-bond donors (Lipinski definition) is 0. The zero-order valence-corrected chi connectivity index (χ0v) is 42.6. The monoisotopic (exact) mass is 897 g/mol. The molecule has 0 radical (unpaired) electrons. The average molecular weight is 897 g/mol. The van der Waals surface area contributed by atoms with Crippen molar-refractivity contribution >= 4 is 17.9 Å². The summed E-state index contributed by atoms with van der Waals surface area (Å²) >= 11 is 0. The molecule has 0 aliphatic carbocycles. The molecule has 0 aromatic carbocycles. The Balaban J connectivity index is 4.36. The fourth-order valence-electron chi connectivity index (χ4n) is 7.92. The molecule has 0 N–H and O–H groups in total. The molecule has 372 valence electrons. The third kappa shape index (κ3) is 50.4. The van der Waals surface area contributed by atoms with Gasteiger partial charge in [0.1, 0.15) is 13.2 Å². The average Bonchev–Trinajstić information content (AvgIpc) is 3.29. The summed E-state index contributed by atoms with van der Waals surface area (Å²) in [5.41, 5.74) is 0.